The van der Waals surface area contributed by atoms with Gasteiger partial charge < -0.3 is 9.84 Å². The molecule has 0 spiro atoms. The number of pyridine rings is 1. The molecule has 1 amide bonds. The molecule has 1 aromatic carbocycles. The van der Waals surface area contributed by atoms with Crippen LogP contribution in [-0.4, -0.2) is 33.3 Å². The zero-order chi connectivity index (χ0) is 19.4. The van der Waals surface area contributed by atoms with E-state index in [2.05, 4.69) is 20.3 Å². The fraction of sp³-hybridized carbons (Fsp3) is 0.111. The van der Waals surface area contributed by atoms with E-state index in [-0.39, 0.29) is 10.8 Å². The van der Waals surface area contributed by atoms with Crippen LogP contribution >= 0.6 is 11.6 Å². The van der Waals surface area contributed by atoms with E-state index in [0.29, 0.717) is 29.1 Å². The molecule has 2 heterocycles. The first-order valence-electron chi connectivity index (χ1n) is 7.75. The molecule has 0 atom stereocenters. The first kappa shape index (κ1) is 18.5. The molecule has 0 fully saturated rings. The third-order valence-electron chi connectivity index (χ3n) is 3.66. The molecule has 2 aromatic heterocycles. The van der Waals surface area contributed by atoms with Gasteiger partial charge in [-0.25, -0.2) is 19.2 Å². The third kappa shape index (κ3) is 4.48. The Morgan fingerprint density at radius 2 is 2.04 bits per heavy atom. The molecule has 0 radical (unpaired) electrons. The van der Waals surface area contributed by atoms with Crippen LogP contribution in [0, 0.1) is 5.82 Å². The van der Waals surface area contributed by atoms with Gasteiger partial charge in [0.2, 0.25) is 5.88 Å². The lowest BCUT2D eigenvalue weighted by molar-refractivity contribution is 0.209. The van der Waals surface area contributed by atoms with Crippen molar-refractivity contribution in [2.45, 2.75) is 6.42 Å². The van der Waals surface area contributed by atoms with Gasteiger partial charge in [-0.2, -0.15) is 0 Å². The summed E-state index contributed by atoms with van der Waals surface area (Å²) in [6.07, 6.45) is 3.65. The van der Waals surface area contributed by atoms with Crippen molar-refractivity contribution in [3.8, 4) is 17.0 Å². The number of halogens is 2. The molecule has 0 unspecified atom stereocenters. The minimum Gasteiger partial charge on any atom is -0.481 e. The average molecular weight is 389 g/mol. The van der Waals surface area contributed by atoms with Crippen molar-refractivity contribution >= 4 is 23.5 Å². The zero-order valence-corrected chi connectivity index (χ0v) is 14.9. The quantitative estimate of drug-likeness (QED) is 0.685. The zero-order valence-electron chi connectivity index (χ0n) is 14.1. The Bertz CT molecular complexity index is 983. The van der Waals surface area contributed by atoms with E-state index in [1.807, 2.05) is 6.07 Å². The van der Waals surface area contributed by atoms with Crippen molar-refractivity contribution in [3.63, 3.8) is 0 Å². The SMILES string of the molecule is COc1ncc(Cc2cnc(NC(=O)O)cn2)cc1-c1ccc(F)c(Cl)c1. The number of carboxylic acid groups (broad SMARTS) is 1. The van der Waals surface area contributed by atoms with Crippen LogP contribution in [0.2, 0.25) is 5.02 Å². The van der Waals surface area contributed by atoms with E-state index in [9.17, 15) is 9.18 Å². The predicted molar refractivity (Wildman–Crippen MR) is 97.7 cm³/mol. The minimum atomic E-state index is -1.21. The Morgan fingerprint density at radius 3 is 2.67 bits per heavy atom. The number of aromatic nitrogens is 3. The van der Waals surface area contributed by atoms with Crippen LogP contribution in [0.5, 0.6) is 5.88 Å². The summed E-state index contributed by atoms with van der Waals surface area (Å²) in [5, 5.41) is 10.8. The number of ether oxygens (including phenoxy) is 1. The van der Waals surface area contributed by atoms with Gasteiger partial charge in [0.1, 0.15) is 5.82 Å². The maximum absolute atomic E-state index is 13.4. The van der Waals surface area contributed by atoms with Crippen molar-refractivity contribution in [1.29, 1.82) is 0 Å². The van der Waals surface area contributed by atoms with E-state index in [1.54, 1.807) is 12.3 Å². The first-order valence-corrected chi connectivity index (χ1v) is 8.13. The van der Waals surface area contributed by atoms with Crippen molar-refractivity contribution in [2.75, 3.05) is 12.4 Å². The Morgan fingerprint density at radius 1 is 1.22 bits per heavy atom. The van der Waals surface area contributed by atoms with Crippen LogP contribution < -0.4 is 10.1 Å². The van der Waals surface area contributed by atoms with E-state index >= 15 is 0 Å². The molecule has 2 N–H and O–H groups in total. The average Bonchev–Trinajstić information content (AvgIpc) is 2.65. The topological polar surface area (TPSA) is 97.2 Å². The minimum absolute atomic E-state index is 0.00680. The van der Waals surface area contributed by atoms with Gasteiger partial charge in [0, 0.05) is 18.2 Å². The number of nitrogens with one attached hydrogen (secondary N) is 1. The molecule has 3 aromatic rings. The summed E-state index contributed by atoms with van der Waals surface area (Å²) in [6.45, 7) is 0. The molecule has 0 aliphatic heterocycles. The molecule has 27 heavy (non-hydrogen) atoms. The second-order valence-electron chi connectivity index (χ2n) is 5.53. The monoisotopic (exact) mass is 388 g/mol. The lowest BCUT2D eigenvalue weighted by Crippen LogP contribution is -2.09. The standard InChI is InChI=1S/C18H14ClFN4O3/c1-27-17-13(11-2-3-15(20)14(19)6-11)5-10(7-23-17)4-12-8-22-16(9-21-12)24-18(25)26/h2-3,5-9H,4H2,1H3,(H,22,24)(H,25,26). The summed E-state index contributed by atoms with van der Waals surface area (Å²) < 4.78 is 18.7. The fourth-order valence-corrected chi connectivity index (χ4v) is 2.64. The van der Waals surface area contributed by atoms with Crippen molar-refractivity contribution in [3.05, 3.63) is 65.0 Å². The highest BCUT2D eigenvalue weighted by Gasteiger charge is 2.12. The van der Waals surface area contributed by atoms with E-state index in [0.717, 1.165) is 5.56 Å². The number of benzene rings is 1. The molecule has 9 heteroatoms. The number of hydrogen-bond donors (Lipinski definition) is 2. The summed E-state index contributed by atoms with van der Waals surface area (Å²) in [5.41, 5.74) is 2.77. The van der Waals surface area contributed by atoms with Crippen molar-refractivity contribution in [2.24, 2.45) is 0 Å². The normalized spacial score (nSPS) is 10.5. The van der Waals surface area contributed by atoms with E-state index < -0.39 is 11.9 Å². The van der Waals surface area contributed by atoms with Crippen molar-refractivity contribution < 1.29 is 19.0 Å². The van der Waals surface area contributed by atoms with Crippen LogP contribution in [0.1, 0.15) is 11.3 Å². The number of hydrogen-bond acceptors (Lipinski definition) is 5. The van der Waals surface area contributed by atoms with Gasteiger partial charge in [-0.05, 0) is 29.3 Å². The molecule has 3 rings (SSSR count). The van der Waals surface area contributed by atoms with Crippen LogP contribution in [0.15, 0.2) is 42.9 Å². The molecule has 138 valence electrons. The number of rotatable bonds is 5. The van der Waals surface area contributed by atoms with Gasteiger partial charge in [0.05, 0.1) is 30.2 Å². The maximum atomic E-state index is 13.4. The van der Waals surface area contributed by atoms with E-state index in [1.165, 1.54) is 31.6 Å². The highest BCUT2D eigenvalue weighted by atomic mass is 35.5. The lowest BCUT2D eigenvalue weighted by Gasteiger charge is -2.11. The summed E-state index contributed by atoms with van der Waals surface area (Å²) in [6, 6.07) is 6.23. The Balaban J connectivity index is 1.88. The van der Waals surface area contributed by atoms with Gasteiger partial charge in [0.15, 0.2) is 5.82 Å². The van der Waals surface area contributed by atoms with Gasteiger partial charge >= 0.3 is 6.09 Å². The first-order chi connectivity index (χ1) is 13.0. The Hall–Kier alpha value is -3.26. The van der Waals surface area contributed by atoms with Gasteiger partial charge in [0.25, 0.3) is 0 Å². The van der Waals surface area contributed by atoms with E-state index in [4.69, 9.17) is 21.4 Å². The predicted octanol–water partition coefficient (Wildman–Crippen LogP) is 4.02. The molecule has 0 bridgehead atoms. The molecular formula is C18H14ClFN4O3. The fourth-order valence-electron chi connectivity index (χ4n) is 2.45. The summed E-state index contributed by atoms with van der Waals surface area (Å²) in [4.78, 5) is 23.0. The van der Waals surface area contributed by atoms with Gasteiger partial charge in [-0.15, -0.1) is 0 Å². The summed E-state index contributed by atoms with van der Waals surface area (Å²) in [5.74, 6) is 0.0168. The molecular weight excluding hydrogens is 375 g/mol. The van der Waals surface area contributed by atoms with Crippen LogP contribution in [0.4, 0.5) is 15.0 Å². The number of carbonyl (C=O) groups is 1. The molecule has 0 aliphatic carbocycles. The molecule has 0 aliphatic rings. The van der Waals surface area contributed by atoms with Gasteiger partial charge in [-0.3, -0.25) is 10.3 Å². The molecule has 7 nitrogen and oxygen atoms in total. The molecule has 0 saturated heterocycles. The van der Waals surface area contributed by atoms with Crippen LogP contribution in [-0.2, 0) is 6.42 Å². The van der Waals surface area contributed by atoms with Crippen molar-refractivity contribution in [1.82, 2.24) is 15.0 Å². The second-order valence-corrected chi connectivity index (χ2v) is 5.94. The van der Waals surface area contributed by atoms with Gasteiger partial charge in [-0.1, -0.05) is 17.7 Å². The lowest BCUT2D eigenvalue weighted by atomic mass is 10.0. The highest BCUT2D eigenvalue weighted by Crippen LogP contribution is 2.31. The Kier molecular flexibility index (Phi) is 5.46. The summed E-state index contributed by atoms with van der Waals surface area (Å²) >= 11 is 5.88. The van der Waals surface area contributed by atoms with Crippen LogP contribution in [0.25, 0.3) is 11.1 Å². The van der Waals surface area contributed by atoms with Crippen LogP contribution in [0.3, 0.4) is 0 Å². The smallest absolute Gasteiger partial charge is 0.410 e. The maximum Gasteiger partial charge on any atom is 0.410 e. The Labute approximate surface area is 158 Å². The number of methoxy groups -OCH3 is 1. The number of amides is 1. The third-order valence-corrected chi connectivity index (χ3v) is 3.95. The number of anilines is 1. The number of nitrogens with zero attached hydrogens (tertiary/aromatic N) is 3. The molecule has 0 saturated carbocycles. The largest absolute Gasteiger partial charge is 0.481 e. The summed E-state index contributed by atoms with van der Waals surface area (Å²) in [7, 11) is 1.50. The second kappa shape index (κ2) is 7.96. The highest BCUT2D eigenvalue weighted by molar-refractivity contribution is 6.31.